The number of nitrogens with one attached hydrogen (secondary N) is 1. The van der Waals surface area contributed by atoms with Gasteiger partial charge in [-0.15, -0.1) is 12.4 Å². The van der Waals surface area contributed by atoms with Gasteiger partial charge in [0.2, 0.25) is 5.91 Å². The van der Waals surface area contributed by atoms with Crippen LogP contribution in [0.2, 0.25) is 0 Å². The van der Waals surface area contributed by atoms with Gasteiger partial charge in [0.05, 0.1) is 0 Å². The molecule has 1 amide bonds. The van der Waals surface area contributed by atoms with Crippen molar-refractivity contribution >= 4 is 18.3 Å². The van der Waals surface area contributed by atoms with Crippen LogP contribution in [0.25, 0.3) is 0 Å². The van der Waals surface area contributed by atoms with Crippen molar-refractivity contribution in [3.8, 4) is 0 Å². The molecule has 1 aliphatic rings. The van der Waals surface area contributed by atoms with Gasteiger partial charge in [-0.05, 0) is 25.7 Å². The number of rotatable bonds is 6. The molecule has 0 bridgehead atoms. The fraction of sp³-hybridized carbons (Fsp3) is 0.923. The second-order valence-electron chi connectivity index (χ2n) is 5.16. The average molecular weight is 263 g/mol. The lowest BCUT2D eigenvalue weighted by molar-refractivity contribution is -0.121. The lowest BCUT2D eigenvalue weighted by Crippen LogP contribution is -2.29. The highest BCUT2D eigenvalue weighted by Crippen LogP contribution is 2.27. The first-order valence-corrected chi connectivity index (χ1v) is 6.70. The highest BCUT2D eigenvalue weighted by Gasteiger charge is 2.14. The van der Waals surface area contributed by atoms with E-state index in [0.29, 0.717) is 6.42 Å². The maximum absolute atomic E-state index is 11.5. The summed E-state index contributed by atoms with van der Waals surface area (Å²) in [6.45, 7) is 2.69. The Morgan fingerprint density at radius 1 is 1.35 bits per heavy atom. The van der Waals surface area contributed by atoms with Gasteiger partial charge in [-0.25, -0.2) is 0 Å². The maximum Gasteiger partial charge on any atom is 0.220 e. The van der Waals surface area contributed by atoms with Crippen molar-refractivity contribution in [1.82, 2.24) is 5.32 Å². The van der Waals surface area contributed by atoms with E-state index < -0.39 is 0 Å². The van der Waals surface area contributed by atoms with Gasteiger partial charge in [0, 0.05) is 19.0 Å². The first kappa shape index (κ1) is 16.7. The molecule has 3 nitrogen and oxygen atoms in total. The summed E-state index contributed by atoms with van der Waals surface area (Å²) in [5.41, 5.74) is 5.62. The summed E-state index contributed by atoms with van der Waals surface area (Å²) in [4.78, 5) is 11.5. The van der Waals surface area contributed by atoms with Crippen molar-refractivity contribution < 1.29 is 4.79 Å². The Morgan fingerprint density at radius 2 is 2.00 bits per heavy atom. The third kappa shape index (κ3) is 8.44. The molecule has 1 aliphatic carbocycles. The molecule has 1 saturated carbocycles. The fourth-order valence-corrected chi connectivity index (χ4v) is 2.34. The van der Waals surface area contributed by atoms with Crippen LogP contribution in [0.4, 0.5) is 0 Å². The zero-order valence-electron chi connectivity index (χ0n) is 10.9. The van der Waals surface area contributed by atoms with Gasteiger partial charge in [-0.2, -0.15) is 0 Å². The van der Waals surface area contributed by atoms with Crippen molar-refractivity contribution in [2.75, 3.05) is 6.54 Å². The summed E-state index contributed by atoms with van der Waals surface area (Å²) in [5, 5.41) is 2.93. The molecular formula is C13H27ClN2O. The quantitative estimate of drug-likeness (QED) is 0.773. The highest BCUT2D eigenvalue weighted by atomic mass is 35.5. The summed E-state index contributed by atoms with van der Waals surface area (Å²) < 4.78 is 0. The Labute approximate surface area is 111 Å². The molecule has 0 radical (unpaired) electrons. The Hall–Kier alpha value is -0.280. The second-order valence-corrected chi connectivity index (χ2v) is 5.16. The predicted molar refractivity (Wildman–Crippen MR) is 74.3 cm³/mol. The first-order chi connectivity index (χ1) is 7.68. The van der Waals surface area contributed by atoms with Gasteiger partial charge in [0.25, 0.3) is 0 Å². The zero-order valence-corrected chi connectivity index (χ0v) is 11.7. The fourth-order valence-electron chi connectivity index (χ4n) is 2.34. The van der Waals surface area contributed by atoms with Crippen LogP contribution in [0.3, 0.4) is 0 Å². The van der Waals surface area contributed by atoms with Crippen molar-refractivity contribution in [3.05, 3.63) is 0 Å². The Morgan fingerprint density at radius 3 is 2.59 bits per heavy atom. The molecule has 0 saturated heterocycles. The molecule has 102 valence electrons. The molecule has 1 rings (SSSR count). The summed E-state index contributed by atoms with van der Waals surface area (Å²) in [6, 6.07) is 0.179. The van der Waals surface area contributed by atoms with E-state index in [2.05, 4.69) is 5.32 Å². The van der Waals surface area contributed by atoms with Crippen LogP contribution in [0.5, 0.6) is 0 Å². The lowest BCUT2D eigenvalue weighted by Gasteiger charge is -2.21. The number of carbonyl (C=O) groups is 1. The van der Waals surface area contributed by atoms with Gasteiger partial charge in [0.1, 0.15) is 0 Å². The molecule has 3 N–H and O–H groups in total. The molecule has 0 aromatic heterocycles. The first-order valence-electron chi connectivity index (χ1n) is 6.70. The Bertz CT molecular complexity index is 204. The van der Waals surface area contributed by atoms with Crippen molar-refractivity contribution in [3.63, 3.8) is 0 Å². The third-order valence-electron chi connectivity index (χ3n) is 3.43. The molecule has 0 aliphatic heterocycles. The normalized spacial score (nSPS) is 18.2. The summed E-state index contributed by atoms with van der Waals surface area (Å²) in [5.74, 6) is 0.999. The largest absolute Gasteiger partial charge is 0.356 e. The lowest BCUT2D eigenvalue weighted by atomic mass is 9.86. The Kier molecular flexibility index (Phi) is 9.56. The molecule has 4 heteroatoms. The van der Waals surface area contributed by atoms with Crippen LogP contribution in [0, 0.1) is 5.92 Å². The number of carbonyl (C=O) groups excluding carboxylic acids is 1. The molecule has 17 heavy (non-hydrogen) atoms. The van der Waals surface area contributed by atoms with E-state index in [1.165, 1.54) is 32.1 Å². The average Bonchev–Trinajstić information content (AvgIpc) is 2.27. The molecular weight excluding hydrogens is 236 g/mol. The molecule has 1 unspecified atom stereocenters. The SMILES string of the molecule is CC(N)CCNC(=O)CCC1CCCCC1.Cl. The van der Waals surface area contributed by atoms with Gasteiger partial charge in [0.15, 0.2) is 0 Å². The number of hydrogen-bond acceptors (Lipinski definition) is 2. The van der Waals surface area contributed by atoms with Gasteiger partial charge in [-0.1, -0.05) is 32.1 Å². The van der Waals surface area contributed by atoms with E-state index >= 15 is 0 Å². The van der Waals surface area contributed by atoms with Crippen LogP contribution in [-0.2, 0) is 4.79 Å². The van der Waals surface area contributed by atoms with Crippen molar-refractivity contribution in [2.24, 2.45) is 11.7 Å². The van der Waals surface area contributed by atoms with Crippen molar-refractivity contribution in [2.45, 2.75) is 64.3 Å². The minimum Gasteiger partial charge on any atom is -0.356 e. The molecule has 0 aromatic carbocycles. The smallest absolute Gasteiger partial charge is 0.220 e. The maximum atomic E-state index is 11.5. The minimum atomic E-state index is 0. The molecule has 1 atom stereocenters. The summed E-state index contributed by atoms with van der Waals surface area (Å²) in [6.07, 6.45) is 9.40. The molecule has 1 fully saturated rings. The van der Waals surface area contributed by atoms with Gasteiger partial charge in [-0.3, -0.25) is 4.79 Å². The Balaban J connectivity index is 0.00000256. The van der Waals surface area contributed by atoms with Crippen molar-refractivity contribution in [1.29, 1.82) is 0 Å². The zero-order chi connectivity index (χ0) is 11.8. The number of hydrogen-bond donors (Lipinski definition) is 2. The number of halogens is 1. The van der Waals surface area contributed by atoms with E-state index in [9.17, 15) is 4.79 Å². The monoisotopic (exact) mass is 262 g/mol. The van der Waals surface area contributed by atoms with Crippen LogP contribution in [0.15, 0.2) is 0 Å². The topological polar surface area (TPSA) is 55.1 Å². The van der Waals surface area contributed by atoms with E-state index in [-0.39, 0.29) is 24.4 Å². The second kappa shape index (κ2) is 9.72. The summed E-state index contributed by atoms with van der Waals surface area (Å²) in [7, 11) is 0. The van der Waals surface area contributed by atoms with E-state index in [1.807, 2.05) is 6.92 Å². The highest BCUT2D eigenvalue weighted by molar-refractivity contribution is 5.85. The number of amides is 1. The van der Waals surface area contributed by atoms with Crippen LogP contribution in [0.1, 0.15) is 58.3 Å². The summed E-state index contributed by atoms with van der Waals surface area (Å²) >= 11 is 0. The van der Waals surface area contributed by atoms with Crippen LogP contribution < -0.4 is 11.1 Å². The standard InChI is InChI=1S/C13H26N2O.ClH/c1-11(14)9-10-15-13(16)8-7-12-5-3-2-4-6-12;/h11-12H,2-10,14H2,1H3,(H,15,16);1H. The predicted octanol–water partition coefficient (Wildman–Crippen LogP) is 2.62. The van der Waals surface area contributed by atoms with Gasteiger partial charge < -0.3 is 11.1 Å². The van der Waals surface area contributed by atoms with E-state index in [0.717, 1.165) is 25.3 Å². The van der Waals surface area contributed by atoms with E-state index in [4.69, 9.17) is 5.73 Å². The van der Waals surface area contributed by atoms with Crippen LogP contribution >= 0.6 is 12.4 Å². The minimum absolute atomic E-state index is 0. The molecule has 0 aromatic rings. The number of nitrogens with two attached hydrogens (primary N) is 1. The third-order valence-corrected chi connectivity index (χ3v) is 3.43. The van der Waals surface area contributed by atoms with Gasteiger partial charge >= 0.3 is 0 Å². The molecule has 0 spiro atoms. The van der Waals surface area contributed by atoms with E-state index in [1.54, 1.807) is 0 Å². The molecule has 0 heterocycles. The van der Waals surface area contributed by atoms with Crippen LogP contribution in [-0.4, -0.2) is 18.5 Å².